The standard InChI is InChI=1S/C57H35N3S/c1-3-18-36(19-4-1)38-22-7-14-30-48(38)55-58-56(60-57(59-55)50-32-17-31-47-41-25-15-16-33-51(41)61-54(47)50)49-35-34-46(39-23-8-9-24-40(39)49)53-44-28-12-10-26-42(44)52(37-20-5-2-6-21-37)43-27-11-13-29-45(43)53/h1-35H. The molecule has 4 heteroatoms. The van der Waals surface area contributed by atoms with Crippen molar-refractivity contribution < 1.29 is 0 Å². The summed E-state index contributed by atoms with van der Waals surface area (Å²) in [5, 5.41) is 9.57. The molecule has 0 saturated carbocycles. The maximum atomic E-state index is 5.40. The molecule has 12 rings (SSSR count). The van der Waals surface area contributed by atoms with Crippen LogP contribution in [0.2, 0.25) is 0 Å². The van der Waals surface area contributed by atoms with Gasteiger partial charge in [0.1, 0.15) is 0 Å². The summed E-state index contributed by atoms with van der Waals surface area (Å²) in [6.45, 7) is 0. The lowest BCUT2D eigenvalue weighted by atomic mass is 9.84. The molecule has 0 N–H and O–H groups in total. The van der Waals surface area contributed by atoms with E-state index in [0.717, 1.165) is 38.6 Å². The first-order valence-electron chi connectivity index (χ1n) is 20.6. The average molecular weight is 794 g/mol. The third kappa shape index (κ3) is 5.83. The van der Waals surface area contributed by atoms with Crippen LogP contribution < -0.4 is 0 Å². The second kappa shape index (κ2) is 14.5. The van der Waals surface area contributed by atoms with Gasteiger partial charge in [-0.3, -0.25) is 0 Å². The highest BCUT2D eigenvalue weighted by atomic mass is 32.1. The van der Waals surface area contributed by atoms with Crippen LogP contribution in [0.4, 0.5) is 0 Å². The van der Waals surface area contributed by atoms with E-state index >= 15 is 0 Å². The molecule has 0 aliphatic rings. The zero-order valence-electron chi connectivity index (χ0n) is 33.0. The van der Waals surface area contributed by atoms with Crippen molar-refractivity contribution in [1.29, 1.82) is 0 Å². The van der Waals surface area contributed by atoms with Crippen molar-refractivity contribution in [2.45, 2.75) is 0 Å². The quantitative estimate of drug-likeness (QED) is 0.157. The van der Waals surface area contributed by atoms with Gasteiger partial charge in [-0.05, 0) is 83.9 Å². The highest BCUT2D eigenvalue weighted by Gasteiger charge is 2.22. The van der Waals surface area contributed by atoms with Crippen molar-refractivity contribution >= 4 is 63.8 Å². The molecule has 2 aromatic heterocycles. The number of nitrogens with zero attached hydrogens (tertiary/aromatic N) is 3. The summed E-state index contributed by atoms with van der Waals surface area (Å²) >= 11 is 1.79. The van der Waals surface area contributed by atoms with E-state index in [1.807, 2.05) is 0 Å². The van der Waals surface area contributed by atoms with Gasteiger partial charge in [0, 0.05) is 36.9 Å². The predicted molar refractivity (Wildman–Crippen MR) is 258 cm³/mol. The Morgan fingerprint density at radius 3 is 1.33 bits per heavy atom. The van der Waals surface area contributed by atoms with Gasteiger partial charge in [-0.2, -0.15) is 0 Å². The Morgan fingerprint density at radius 1 is 0.246 bits per heavy atom. The molecule has 3 nitrogen and oxygen atoms in total. The number of fused-ring (bicyclic) bond motifs is 6. The first-order valence-corrected chi connectivity index (χ1v) is 21.4. The van der Waals surface area contributed by atoms with Crippen LogP contribution in [-0.4, -0.2) is 15.0 Å². The molecule has 0 atom stereocenters. The SMILES string of the molecule is c1ccc(-c2ccccc2-c2nc(-c3ccc(-c4c5ccccc5c(-c5ccccc5)c5ccccc45)c4ccccc34)nc(-c3cccc4c3sc3ccccc34)n2)cc1. The molecular formula is C57H35N3S. The van der Waals surface area contributed by atoms with Gasteiger partial charge in [0.05, 0.1) is 0 Å². The van der Waals surface area contributed by atoms with Crippen LogP contribution in [-0.2, 0) is 0 Å². The summed E-state index contributed by atoms with van der Waals surface area (Å²) in [7, 11) is 0. The van der Waals surface area contributed by atoms with Crippen LogP contribution >= 0.6 is 11.3 Å². The van der Waals surface area contributed by atoms with E-state index in [0.29, 0.717) is 17.5 Å². The molecular weight excluding hydrogens is 759 g/mol. The third-order valence-corrected chi connectivity index (χ3v) is 13.2. The molecule has 284 valence electrons. The fraction of sp³-hybridized carbons (Fsp3) is 0. The fourth-order valence-electron chi connectivity index (χ4n) is 9.25. The van der Waals surface area contributed by atoms with Crippen LogP contribution in [0.15, 0.2) is 212 Å². The van der Waals surface area contributed by atoms with Crippen molar-refractivity contribution in [3.8, 4) is 67.5 Å². The largest absolute Gasteiger partial charge is 0.208 e. The van der Waals surface area contributed by atoms with Gasteiger partial charge >= 0.3 is 0 Å². The molecule has 12 aromatic rings. The first-order chi connectivity index (χ1) is 30.3. The normalized spacial score (nSPS) is 11.6. The Morgan fingerprint density at radius 2 is 0.672 bits per heavy atom. The molecule has 0 radical (unpaired) electrons. The maximum absolute atomic E-state index is 5.40. The minimum atomic E-state index is 0.637. The second-order valence-corrected chi connectivity index (χ2v) is 16.5. The maximum Gasteiger partial charge on any atom is 0.165 e. The molecule has 0 aliphatic heterocycles. The van der Waals surface area contributed by atoms with E-state index in [1.165, 1.54) is 64.0 Å². The van der Waals surface area contributed by atoms with Gasteiger partial charge in [0.15, 0.2) is 17.5 Å². The minimum absolute atomic E-state index is 0.637. The van der Waals surface area contributed by atoms with E-state index < -0.39 is 0 Å². The van der Waals surface area contributed by atoms with Gasteiger partial charge in [-0.15, -0.1) is 11.3 Å². The van der Waals surface area contributed by atoms with E-state index in [2.05, 4.69) is 212 Å². The molecule has 0 saturated heterocycles. The number of aromatic nitrogens is 3. The number of hydrogen-bond acceptors (Lipinski definition) is 4. The molecule has 0 fully saturated rings. The van der Waals surface area contributed by atoms with Gasteiger partial charge in [-0.1, -0.05) is 194 Å². The highest BCUT2D eigenvalue weighted by Crippen LogP contribution is 2.47. The summed E-state index contributed by atoms with van der Waals surface area (Å²) < 4.78 is 2.41. The van der Waals surface area contributed by atoms with Crippen molar-refractivity contribution in [2.24, 2.45) is 0 Å². The molecule has 0 bridgehead atoms. The average Bonchev–Trinajstić information content (AvgIpc) is 3.72. The van der Waals surface area contributed by atoms with Gasteiger partial charge in [0.25, 0.3) is 0 Å². The molecule has 0 amide bonds. The van der Waals surface area contributed by atoms with Gasteiger partial charge < -0.3 is 0 Å². The van der Waals surface area contributed by atoms with Crippen LogP contribution in [0.3, 0.4) is 0 Å². The molecule has 0 unspecified atom stereocenters. The van der Waals surface area contributed by atoms with Crippen LogP contribution in [0.25, 0.3) is 120 Å². The smallest absolute Gasteiger partial charge is 0.165 e. The lowest BCUT2D eigenvalue weighted by Gasteiger charge is -2.19. The third-order valence-electron chi connectivity index (χ3n) is 12.0. The van der Waals surface area contributed by atoms with Crippen molar-refractivity contribution in [3.05, 3.63) is 212 Å². The predicted octanol–water partition coefficient (Wildman–Crippen LogP) is 15.7. The summed E-state index contributed by atoms with van der Waals surface area (Å²) in [5.41, 5.74) is 9.96. The first kappa shape index (κ1) is 35.2. The molecule has 0 spiro atoms. The zero-order valence-corrected chi connectivity index (χ0v) is 33.8. The van der Waals surface area contributed by atoms with Crippen molar-refractivity contribution in [2.75, 3.05) is 0 Å². The fourth-order valence-corrected chi connectivity index (χ4v) is 10.5. The van der Waals surface area contributed by atoms with Crippen molar-refractivity contribution in [1.82, 2.24) is 15.0 Å². The summed E-state index contributed by atoms with van der Waals surface area (Å²) in [6.07, 6.45) is 0. The lowest BCUT2D eigenvalue weighted by molar-refractivity contribution is 1.08. The molecule has 2 heterocycles. The monoisotopic (exact) mass is 793 g/mol. The summed E-state index contributed by atoms with van der Waals surface area (Å²) in [4.78, 5) is 16.1. The second-order valence-electron chi connectivity index (χ2n) is 15.4. The number of rotatable bonds is 6. The van der Waals surface area contributed by atoms with E-state index in [-0.39, 0.29) is 0 Å². The topological polar surface area (TPSA) is 38.7 Å². The van der Waals surface area contributed by atoms with E-state index in [4.69, 9.17) is 15.0 Å². The van der Waals surface area contributed by atoms with Crippen LogP contribution in [0.5, 0.6) is 0 Å². The summed E-state index contributed by atoms with van der Waals surface area (Å²) in [6, 6.07) is 75.7. The summed E-state index contributed by atoms with van der Waals surface area (Å²) in [5.74, 6) is 1.93. The minimum Gasteiger partial charge on any atom is -0.208 e. The molecule has 0 aliphatic carbocycles. The van der Waals surface area contributed by atoms with Gasteiger partial charge in [0.2, 0.25) is 0 Å². The Kier molecular flexibility index (Phi) is 8.36. The Bertz CT molecular complexity index is 3590. The molecule has 10 aromatic carbocycles. The Hall–Kier alpha value is -7.79. The Labute approximate surface area is 356 Å². The molecule has 61 heavy (non-hydrogen) atoms. The number of benzene rings is 10. The van der Waals surface area contributed by atoms with Crippen molar-refractivity contribution in [3.63, 3.8) is 0 Å². The number of hydrogen-bond donors (Lipinski definition) is 0. The highest BCUT2D eigenvalue weighted by molar-refractivity contribution is 7.26. The number of thiophene rings is 1. The zero-order chi connectivity index (χ0) is 40.3. The van der Waals surface area contributed by atoms with Gasteiger partial charge in [-0.25, -0.2) is 15.0 Å². The lowest BCUT2D eigenvalue weighted by Crippen LogP contribution is -2.02. The van der Waals surface area contributed by atoms with E-state index in [9.17, 15) is 0 Å². The van der Waals surface area contributed by atoms with E-state index in [1.54, 1.807) is 11.3 Å². The van der Waals surface area contributed by atoms with Crippen LogP contribution in [0, 0.1) is 0 Å². The van der Waals surface area contributed by atoms with Crippen LogP contribution in [0.1, 0.15) is 0 Å². The Balaban J connectivity index is 1.12.